The van der Waals surface area contributed by atoms with E-state index in [1.807, 2.05) is 12.2 Å². The largest absolute Gasteiger partial charge is 0.480 e. The lowest BCUT2D eigenvalue weighted by atomic mass is 10.1. The van der Waals surface area contributed by atoms with E-state index in [9.17, 15) is 23.8 Å². The first-order valence-electron chi connectivity index (χ1n) is 19.5. The van der Waals surface area contributed by atoms with Crippen molar-refractivity contribution in [2.45, 2.75) is 148 Å². The zero-order valence-electron chi connectivity index (χ0n) is 32.3. The third-order valence-corrected chi connectivity index (χ3v) is 8.64. The van der Waals surface area contributed by atoms with Gasteiger partial charge in [-0.3, -0.25) is 23.4 Å². The second-order valence-electron chi connectivity index (χ2n) is 12.7. The van der Waals surface area contributed by atoms with Gasteiger partial charge in [0.1, 0.15) is 12.6 Å². The summed E-state index contributed by atoms with van der Waals surface area (Å²) >= 11 is 0. The predicted octanol–water partition coefficient (Wildman–Crippen LogP) is 9.78. The summed E-state index contributed by atoms with van der Waals surface area (Å²) in [7, 11) is -4.73. The van der Waals surface area contributed by atoms with Crippen LogP contribution in [0.4, 0.5) is 0 Å². The Hall–Kier alpha value is -3.08. The van der Waals surface area contributed by atoms with E-state index in [4.69, 9.17) is 24.8 Å². The average Bonchev–Trinajstić information content (AvgIpc) is 3.13. The molecule has 0 amide bonds. The first-order chi connectivity index (χ1) is 25.6. The van der Waals surface area contributed by atoms with Gasteiger partial charge in [0.05, 0.1) is 13.2 Å². The Labute approximate surface area is 319 Å². The van der Waals surface area contributed by atoms with Gasteiger partial charge in [0.15, 0.2) is 6.10 Å². The molecule has 12 heteroatoms. The van der Waals surface area contributed by atoms with Gasteiger partial charge in [0, 0.05) is 12.8 Å². The number of nitrogens with two attached hydrogens (primary N) is 1. The van der Waals surface area contributed by atoms with Crippen LogP contribution in [0.3, 0.4) is 0 Å². The molecule has 11 nitrogen and oxygen atoms in total. The Bertz CT molecular complexity index is 1180. The van der Waals surface area contributed by atoms with Crippen LogP contribution in [0.2, 0.25) is 0 Å². The third kappa shape index (κ3) is 35.7. The molecule has 0 rings (SSSR count). The van der Waals surface area contributed by atoms with Crippen molar-refractivity contribution in [1.29, 1.82) is 0 Å². The number of esters is 2. The molecule has 0 aliphatic heterocycles. The third-order valence-electron chi connectivity index (χ3n) is 7.69. The first kappa shape index (κ1) is 49.9. The Morgan fingerprint density at radius 3 is 1.66 bits per heavy atom. The van der Waals surface area contributed by atoms with Crippen molar-refractivity contribution in [3.63, 3.8) is 0 Å². The fourth-order valence-electron chi connectivity index (χ4n) is 4.62. The topological polar surface area (TPSA) is 172 Å². The van der Waals surface area contributed by atoms with Gasteiger partial charge in [0.2, 0.25) is 0 Å². The molecule has 4 N–H and O–H groups in total. The maximum Gasteiger partial charge on any atom is 0.472 e. The standard InChI is InChI=1S/C41H68NO10P/c1-3-5-7-9-11-13-15-17-18-19-20-21-23-24-26-28-30-32-39(43)49-34-37(35-50-53(47,48)51-36-38(42)41(45)46)52-40(44)33-31-29-27-25-22-16-14-12-10-8-6-4-2/h5,7,11-14,17-18,20-21,24,26,37-38H,3-4,6,8-10,15-16,19,22-23,25,27-36,42H2,1-2H3,(H,45,46)(H,47,48)/b7-5-,13-11-,14-12-,18-17-,21-20-,26-24-/t37-,38+/m1/s1. The second-order valence-corrected chi connectivity index (χ2v) is 14.1. The maximum absolute atomic E-state index is 12.5. The molecule has 0 bridgehead atoms. The number of allylic oxidation sites excluding steroid dienone is 12. The Morgan fingerprint density at radius 1 is 0.604 bits per heavy atom. The Balaban J connectivity index is 4.55. The number of ether oxygens (including phenoxy) is 2. The average molecular weight is 766 g/mol. The van der Waals surface area contributed by atoms with Gasteiger partial charge < -0.3 is 25.2 Å². The highest BCUT2D eigenvalue weighted by atomic mass is 31.2. The lowest BCUT2D eigenvalue weighted by Crippen LogP contribution is -2.34. The monoisotopic (exact) mass is 765 g/mol. The van der Waals surface area contributed by atoms with Crippen LogP contribution >= 0.6 is 7.82 Å². The molecule has 1 unspecified atom stereocenters. The number of rotatable bonds is 35. The first-order valence-corrected chi connectivity index (χ1v) is 21.0. The van der Waals surface area contributed by atoms with E-state index in [0.29, 0.717) is 19.3 Å². The van der Waals surface area contributed by atoms with Crippen molar-refractivity contribution in [2.75, 3.05) is 19.8 Å². The van der Waals surface area contributed by atoms with Crippen molar-refractivity contribution in [1.82, 2.24) is 0 Å². The summed E-state index contributed by atoms with van der Waals surface area (Å²) in [5.74, 6) is -2.48. The number of phosphoric ester groups is 1. The van der Waals surface area contributed by atoms with Crippen LogP contribution < -0.4 is 5.73 Å². The molecule has 0 aliphatic carbocycles. The molecular weight excluding hydrogens is 697 g/mol. The summed E-state index contributed by atoms with van der Waals surface area (Å²) in [6.45, 7) is 2.56. The fourth-order valence-corrected chi connectivity index (χ4v) is 5.40. The van der Waals surface area contributed by atoms with E-state index in [0.717, 1.165) is 70.6 Å². The number of carbonyl (C=O) groups excluding carboxylic acids is 2. The number of hydrogen-bond donors (Lipinski definition) is 3. The number of hydrogen-bond acceptors (Lipinski definition) is 9. The summed E-state index contributed by atoms with van der Waals surface area (Å²) in [4.78, 5) is 45.7. The van der Waals surface area contributed by atoms with Crippen molar-refractivity contribution in [3.8, 4) is 0 Å². The van der Waals surface area contributed by atoms with Gasteiger partial charge >= 0.3 is 25.7 Å². The zero-order valence-corrected chi connectivity index (χ0v) is 33.2. The number of unbranched alkanes of at least 4 members (excludes halogenated alkanes) is 9. The van der Waals surface area contributed by atoms with E-state index in [1.54, 1.807) is 0 Å². The number of phosphoric acid groups is 1. The lowest BCUT2D eigenvalue weighted by Gasteiger charge is -2.20. The number of carboxylic acids is 1. The van der Waals surface area contributed by atoms with Gasteiger partial charge in [0.25, 0.3) is 0 Å². The molecule has 3 atom stereocenters. The van der Waals surface area contributed by atoms with Crippen LogP contribution in [0.25, 0.3) is 0 Å². The summed E-state index contributed by atoms with van der Waals surface area (Å²) in [5.41, 5.74) is 5.31. The Morgan fingerprint density at radius 2 is 1.08 bits per heavy atom. The minimum atomic E-state index is -4.73. The van der Waals surface area contributed by atoms with Crippen LogP contribution in [-0.2, 0) is 37.5 Å². The van der Waals surface area contributed by atoms with Crippen LogP contribution in [0.1, 0.15) is 136 Å². The van der Waals surface area contributed by atoms with Crippen molar-refractivity contribution >= 4 is 25.7 Å². The Kier molecular flexibility index (Phi) is 33.8. The predicted molar refractivity (Wildman–Crippen MR) is 212 cm³/mol. The molecule has 0 aromatic rings. The molecule has 0 aromatic heterocycles. The minimum absolute atomic E-state index is 0.135. The zero-order chi connectivity index (χ0) is 39.3. The van der Waals surface area contributed by atoms with Gasteiger partial charge in [-0.2, -0.15) is 0 Å². The van der Waals surface area contributed by atoms with E-state index in [1.165, 1.54) is 19.3 Å². The number of carboxylic acid groups (broad SMARTS) is 1. The van der Waals surface area contributed by atoms with Crippen LogP contribution in [-0.4, -0.2) is 59.9 Å². The lowest BCUT2D eigenvalue weighted by molar-refractivity contribution is -0.161. The van der Waals surface area contributed by atoms with E-state index in [-0.39, 0.29) is 19.4 Å². The van der Waals surface area contributed by atoms with Gasteiger partial charge in [-0.15, -0.1) is 0 Å². The molecule has 0 aromatic carbocycles. The molecule has 53 heavy (non-hydrogen) atoms. The number of carbonyl (C=O) groups is 3. The van der Waals surface area contributed by atoms with Gasteiger partial charge in [-0.05, 0) is 77.0 Å². The van der Waals surface area contributed by atoms with Gasteiger partial charge in [-0.1, -0.05) is 119 Å². The summed E-state index contributed by atoms with van der Waals surface area (Å²) < 4.78 is 32.5. The van der Waals surface area contributed by atoms with Gasteiger partial charge in [-0.25, -0.2) is 4.57 Å². The smallest absolute Gasteiger partial charge is 0.472 e. The molecule has 0 spiro atoms. The molecule has 302 valence electrons. The molecular formula is C41H68NO10P. The second kappa shape index (κ2) is 35.9. The SMILES string of the molecule is CC/C=C\C/C=C\C/C=C\C/C=C\C/C=C\CCCC(=O)OC[C@H](COP(=O)(O)OC[C@H](N)C(=O)O)OC(=O)CCCCCCC/C=C\CCCCC. The normalized spacial score (nSPS) is 14.6. The molecule has 0 radical (unpaired) electrons. The highest BCUT2D eigenvalue weighted by Gasteiger charge is 2.28. The highest BCUT2D eigenvalue weighted by molar-refractivity contribution is 7.47. The van der Waals surface area contributed by atoms with Crippen LogP contribution in [0.15, 0.2) is 72.9 Å². The molecule has 0 fully saturated rings. The quantitative estimate of drug-likeness (QED) is 0.0243. The summed E-state index contributed by atoms with van der Waals surface area (Å²) in [5, 5.41) is 8.86. The van der Waals surface area contributed by atoms with E-state index >= 15 is 0 Å². The molecule has 0 aliphatic rings. The molecule has 0 heterocycles. The summed E-state index contributed by atoms with van der Waals surface area (Å²) in [6.07, 6.45) is 41.2. The van der Waals surface area contributed by atoms with Crippen LogP contribution in [0.5, 0.6) is 0 Å². The highest BCUT2D eigenvalue weighted by Crippen LogP contribution is 2.43. The number of aliphatic carboxylic acids is 1. The molecule has 0 saturated carbocycles. The fraction of sp³-hybridized carbons (Fsp3) is 0.634. The van der Waals surface area contributed by atoms with E-state index < -0.39 is 51.1 Å². The minimum Gasteiger partial charge on any atom is -0.480 e. The van der Waals surface area contributed by atoms with Crippen molar-refractivity contribution in [2.24, 2.45) is 5.73 Å². The maximum atomic E-state index is 12.5. The summed E-state index contributed by atoms with van der Waals surface area (Å²) in [6, 6.07) is -1.53. The van der Waals surface area contributed by atoms with Crippen molar-refractivity contribution in [3.05, 3.63) is 72.9 Å². The van der Waals surface area contributed by atoms with Crippen LogP contribution in [0, 0.1) is 0 Å². The van der Waals surface area contributed by atoms with Crippen molar-refractivity contribution < 1.29 is 47.5 Å². The molecule has 0 saturated heterocycles. The van der Waals surface area contributed by atoms with E-state index in [2.05, 4.69) is 79.1 Å².